The molecule has 0 aliphatic carbocycles. The van der Waals surface area contributed by atoms with Gasteiger partial charge in [0.05, 0.1) is 25.4 Å². The van der Waals surface area contributed by atoms with Gasteiger partial charge < -0.3 is 25.0 Å². The van der Waals surface area contributed by atoms with Crippen molar-refractivity contribution in [1.82, 2.24) is 25.4 Å². The standard InChI is InChI=1S/C20H28N4O5.C3H4F3NO/c1-5-10-29-19(27)23-6-8-24(9-7-23)20(2,3)18(26)22-14-17(25)15-11-16(28-4)13-21-12-15;4-3(5,6)1-7-2-8/h5,11-13H,1,6-10,14H2,2-4H3,(H,22,26);2H,1H2,(H,7,8). The predicted octanol–water partition coefficient (Wildman–Crippen LogP) is 1.40. The van der Waals surface area contributed by atoms with E-state index in [0.717, 1.165) is 0 Å². The van der Waals surface area contributed by atoms with E-state index in [2.05, 4.69) is 16.9 Å². The molecular weight excluding hydrogens is 499 g/mol. The molecule has 2 rings (SSSR count). The second-order valence-corrected chi connectivity index (χ2v) is 8.23. The van der Waals surface area contributed by atoms with Crippen LogP contribution in [0.5, 0.6) is 5.75 Å². The first kappa shape index (κ1) is 31.4. The molecule has 0 unspecified atom stereocenters. The molecule has 0 bridgehead atoms. The number of ketones is 1. The highest BCUT2D eigenvalue weighted by Gasteiger charge is 2.37. The van der Waals surface area contributed by atoms with E-state index in [9.17, 15) is 32.3 Å². The summed E-state index contributed by atoms with van der Waals surface area (Å²) in [6.45, 7) is 7.86. The molecule has 14 heteroatoms. The number of halogens is 3. The van der Waals surface area contributed by atoms with E-state index in [4.69, 9.17) is 9.47 Å². The Labute approximate surface area is 213 Å². The molecular formula is C23H32F3N5O6. The molecule has 37 heavy (non-hydrogen) atoms. The summed E-state index contributed by atoms with van der Waals surface area (Å²) in [5.74, 6) is -0.0354. The Morgan fingerprint density at radius 1 is 1.16 bits per heavy atom. The van der Waals surface area contributed by atoms with Crippen LogP contribution in [-0.4, -0.2) is 104 Å². The number of piperazine rings is 1. The topological polar surface area (TPSA) is 130 Å². The van der Waals surface area contributed by atoms with Crippen LogP contribution in [-0.2, 0) is 14.3 Å². The third-order valence-corrected chi connectivity index (χ3v) is 5.27. The third kappa shape index (κ3) is 10.9. The lowest BCUT2D eigenvalue weighted by molar-refractivity contribution is -0.132. The second kappa shape index (κ2) is 14.8. The van der Waals surface area contributed by atoms with Crippen LogP contribution >= 0.6 is 0 Å². The van der Waals surface area contributed by atoms with Gasteiger partial charge in [0, 0.05) is 37.9 Å². The molecule has 206 valence electrons. The summed E-state index contributed by atoms with van der Waals surface area (Å²) in [5.41, 5.74) is -0.460. The fraction of sp³-hybridized carbons (Fsp3) is 0.522. The molecule has 0 atom stereocenters. The molecule has 11 nitrogen and oxygen atoms in total. The zero-order valence-corrected chi connectivity index (χ0v) is 21.0. The lowest BCUT2D eigenvalue weighted by Crippen LogP contribution is -2.61. The lowest BCUT2D eigenvalue weighted by atomic mass is 10.00. The maximum Gasteiger partial charge on any atom is 0.410 e. The van der Waals surface area contributed by atoms with Gasteiger partial charge in [-0.15, -0.1) is 0 Å². The number of hydrogen-bond acceptors (Lipinski definition) is 8. The normalized spacial score (nSPS) is 13.9. The van der Waals surface area contributed by atoms with Crippen molar-refractivity contribution in [3.8, 4) is 5.75 Å². The fourth-order valence-electron chi connectivity index (χ4n) is 3.13. The van der Waals surface area contributed by atoms with Gasteiger partial charge in [0.15, 0.2) is 5.78 Å². The number of amides is 3. The van der Waals surface area contributed by atoms with Crippen LogP contribution in [0, 0.1) is 0 Å². The lowest BCUT2D eigenvalue weighted by Gasteiger charge is -2.42. The summed E-state index contributed by atoms with van der Waals surface area (Å²) in [7, 11) is 1.49. The first-order chi connectivity index (χ1) is 17.3. The highest BCUT2D eigenvalue weighted by molar-refractivity contribution is 6.00. The van der Waals surface area contributed by atoms with Crippen molar-refractivity contribution < 1.29 is 41.8 Å². The number of Topliss-reactive ketones (excluding diaryl/α,β-unsaturated/α-hetero) is 1. The minimum absolute atomic E-state index is 0.00743. The van der Waals surface area contributed by atoms with Crippen molar-refractivity contribution in [3.63, 3.8) is 0 Å². The Morgan fingerprint density at radius 2 is 1.81 bits per heavy atom. The number of alkyl halides is 3. The zero-order valence-electron chi connectivity index (χ0n) is 21.0. The Hall–Kier alpha value is -3.68. The van der Waals surface area contributed by atoms with Gasteiger partial charge in [-0.25, -0.2) is 4.79 Å². The second-order valence-electron chi connectivity index (χ2n) is 8.23. The monoisotopic (exact) mass is 531 g/mol. The van der Waals surface area contributed by atoms with Crippen molar-refractivity contribution in [2.45, 2.75) is 25.6 Å². The number of pyridine rings is 1. The van der Waals surface area contributed by atoms with Gasteiger partial charge in [0.1, 0.15) is 18.9 Å². The van der Waals surface area contributed by atoms with E-state index in [1.807, 2.05) is 4.90 Å². The van der Waals surface area contributed by atoms with Gasteiger partial charge in [-0.3, -0.25) is 24.3 Å². The average Bonchev–Trinajstić information content (AvgIpc) is 2.88. The summed E-state index contributed by atoms with van der Waals surface area (Å²) < 4.78 is 43.2. The molecule has 1 aliphatic heterocycles. The fourth-order valence-corrected chi connectivity index (χ4v) is 3.13. The molecule has 2 heterocycles. The Morgan fingerprint density at radius 3 is 2.32 bits per heavy atom. The van der Waals surface area contributed by atoms with Crippen LogP contribution in [0.1, 0.15) is 24.2 Å². The van der Waals surface area contributed by atoms with Gasteiger partial charge in [0.2, 0.25) is 12.3 Å². The smallest absolute Gasteiger partial charge is 0.410 e. The third-order valence-electron chi connectivity index (χ3n) is 5.27. The highest BCUT2D eigenvalue weighted by atomic mass is 19.4. The SMILES string of the molecule is C=CCOC(=O)N1CCN(C(C)(C)C(=O)NCC(=O)c2cncc(OC)c2)CC1.O=CNCC(F)(F)F. The number of nitrogens with one attached hydrogen (secondary N) is 2. The quantitative estimate of drug-likeness (QED) is 0.263. The van der Waals surface area contributed by atoms with Crippen molar-refractivity contribution >= 4 is 24.2 Å². The highest BCUT2D eigenvalue weighted by Crippen LogP contribution is 2.18. The molecule has 3 amide bonds. The molecule has 0 saturated carbocycles. The van der Waals surface area contributed by atoms with Gasteiger partial charge in [-0.1, -0.05) is 12.7 Å². The maximum absolute atomic E-state index is 12.7. The summed E-state index contributed by atoms with van der Waals surface area (Å²) in [5, 5.41) is 4.19. The van der Waals surface area contributed by atoms with Gasteiger partial charge in [-0.05, 0) is 19.9 Å². The van der Waals surface area contributed by atoms with Crippen LogP contribution in [0.15, 0.2) is 31.1 Å². The van der Waals surface area contributed by atoms with E-state index < -0.39 is 18.3 Å². The molecule has 0 spiro atoms. The first-order valence-electron chi connectivity index (χ1n) is 11.2. The summed E-state index contributed by atoms with van der Waals surface area (Å²) in [6.07, 6.45) is -0.207. The number of hydrogen-bond donors (Lipinski definition) is 2. The number of rotatable bonds is 10. The van der Waals surface area contributed by atoms with E-state index in [1.165, 1.54) is 30.9 Å². The number of aromatic nitrogens is 1. The van der Waals surface area contributed by atoms with Crippen molar-refractivity contribution in [2.75, 3.05) is 53.0 Å². The molecule has 0 aromatic carbocycles. The number of ether oxygens (including phenoxy) is 2. The molecule has 2 N–H and O–H groups in total. The van der Waals surface area contributed by atoms with Crippen LogP contribution in [0.2, 0.25) is 0 Å². The van der Waals surface area contributed by atoms with Gasteiger partial charge in [0.25, 0.3) is 0 Å². The zero-order chi connectivity index (χ0) is 28.1. The number of nitrogens with zero attached hydrogens (tertiary/aromatic N) is 3. The average molecular weight is 532 g/mol. The van der Waals surface area contributed by atoms with Crippen molar-refractivity contribution in [3.05, 3.63) is 36.7 Å². The Kier molecular flexibility index (Phi) is 12.5. The molecule has 1 aromatic rings. The molecule has 1 aromatic heterocycles. The van der Waals surface area contributed by atoms with E-state index in [-0.39, 0.29) is 37.3 Å². The molecule has 1 aliphatic rings. The minimum atomic E-state index is -4.29. The van der Waals surface area contributed by atoms with Gasteiger partial charge in [-0.2, -0.15) is 13.2 Å². The maximum atomic E-state index is 12.7. The van der Waals surface area contributed by atoms with Crippen LogP contribution in [0.3, 0.4) is 0 Å². The van der Waals surface area contributed by atoms with E-state index >= 15 is 0 Å². The number of carbonyl (C=O) groups excluding carboxylic acids is 4. The Balaban J connectivity index is 0.000000738. The molecule has 1 saturated heterocycles. The van der Waals surface area contributed by atoms with Crippen LogP contribution in [0.25, 0.3) is 0 Å². The van der Waals surface area contributed by atoms with Crippen molar-refractivity contribution in [1.29, 1.82) is 0 Å². The molecule has 1 fully saturated rings. The molecule has 0 radical (unpaired) electrons. The summed E-state index contributed by atoms with van der Waals surface area (Å²) >= 11 is 0. The summed E-state index contributed by atoms with van der Waals surface area (Å²) in [6, 6.07) is 1.58. The Bertz CT molecular complexity index is 934. The number of methoxy groups -OCH3 is 1. The minimum Gasteiger partial charge on any atom is -0.495 e. The summed E-state index contributed by atoms with van der Waals surface area (Å²) in [4.78, 5) is 53.7. The van der Waals surface area contributed by atoms with E-state index in [1.54, 1.807) is 24.8 Å². The van der Waals surface area contributed by atoms with Crippen LogP contribution in [0.4, 0.5) is 18.0 Å². The first-order valence-corrected chi connectivity index (χ1v) is 11.2. The van der Waals surface area contributed by atoms with Crippen LogP contribution < -0.4 is 15.4 Å². The number of carbonyl (C=O) groups is 4. The van der Waals surface area contributed by atoms with Crippen molar-refractivity contribution in [2.24, 2.45) is 0 Å². The van der Waals surface area contributed by atoms with Gasteiger partial charge >= 0.3 is 12.3 Å². The van der Waals surface area contributed by atoms with E-state index in [0.29, 0.717) is 37.5 Å². The predicted molar refractivity (Wildman–Crippen MR) is 127 cm³/mol. The largest absolute Gasteiger partial charge is 0.495 e.